The number of rotatable bonds is 6. The fourth-order valence-electron chi connectivity index (χ4n) is 4.38. The van der Waals surface area contributed by atoms with Crippen LogP contribution in [0.4, 0.5) is 10.6 Å². The van der Waals surface area contributed by atoms with Crippen LogP contribution in [-0.2, 0) is 18.5 Å². The van der Waals surface area contributed by atoms with Gasteiger partial charge >= 0.3 is 6.03 Å². The molecule has 1 aliphatic carbocycles. The van der Waals surface area contributed by atoms with E-state index in [2.05, 4.69) is 31.1 Å². The third kappa shape index (κ3) is 3.53. The Bertz CT molecular complexity index is 1360. The van der Waals surface area contributed by atoms with E-state index in [-0.39, 0.29) is 11.4 Å². The molecule has 1 amide bonds. The van der Waals surface area contributed by atoms with Crippen LogP contribution in [0, 0.1) is 0 Å². The lowest BCUT2D eigenvalue weighted by Gasteiger charge is -2.09. The minimum absolute atomic E-state index is 0.00112. The van der Waals surface area contributed by atoms with Crippen LogP contribution in [0.5, 0.6) is 11.6 Å². The molecule has 0 unspecified atom stereocenters. The van der Waals surface area contributed by atoms with E-state index < -0.39 is 0 Å². The number of hydrogen-bond acceptors (Lipinski definition) is 8. The summed E-state index contributed by atoms with van der Waals surface area (Å²) in [4.78, 5) is 21.5. The van der Waals surface area contributed by atoms with Gasteiger partial charge in [0, 0.05) is 42.7 Å². The van der Waals surface area contributed by atoms with Gasteiger partial charge in [0.2, 0.25) is 5.88 Å². The zero-order valence-corrected chi connectivity index (χ0v) is 18.1. The lowest BCUT2D eigenvalue weighted by atomic mass is 10.0. The predicted molar refractivity (Wildman–Crippen MR) is 120 cm³/mol. The number of benzene rings is 1. The zero-order valence-electron chi connectivity index (χ0n) is 18.1. The first-order valence-electron chi connectivity index (χ1n) is 10.9. The van der Waals surface area contributed by atoms with Gasteiger partial charge in [-0.3, -0.25) is 9.88 Å². The Hall–Kier alpha value is -3.76. The summed E-state index contributed by atoms with van der Waals surface area (Å²) in [6, 6.07) is 8.94. The molecule has 0 atom stereocenters. The number of carbonyl (C=O) groups is 1. The highest BCUT2D eigenvalue weighted by Crippen LogP contribution is 2.48. The quantitative estimate of drug-likeness (QED) is 0.414. The van der Waals surface area contributed by atoms with E-state index in [1.165, 1.54) is 6.33 Å². The topological polar surface area (TPSA) is 119 Å². The Kier molecular flexibility index (Phi) is 4.63. The summed E-state index contributed by atoms with van der Waals surface area (Å²) in [5.74, 6) is 2.41. The molecule has 4 aromatic rings. The summed E-state index contributed by atoms with van der Waals surface area (Å²) in [6.07, 6.45) is 5.34. The van der Waals surface area contributed by atoms with E-state index in [0.717, 1.165) is 47.3 Å². The highest BCUT2D eigenvalue weighted by Gasteiger charge is 2.47. The van der Waals surface area contributed by atoms with Crippen molar-refractivity contribution < 1.29 is 14.1 Å². The molecule has 1 saturated carbocycles. The molecule has 1 fully saturated rings. The number of carbonyl (C=O) groups excluding carboxylic acids is 1. The lowest BCUT2D eigenvalue weighted by Crippen LogP contribution is -2.23. The molecule has 10 heteroatoms. The number of amides is 1. The smallest absolute Gasteiger partial charge is 0.331 e. The van der Waals surface area contributed by atoms with E-state index in [1.807, 2.05) is 37.4 Å². The highest BCUT2D eigenvalue weighted by molar-refractivity contribution is 5.98. The Balaban J connectivity index is 1.20. The van der Waals surface area contributed by atoms with Gasteiger partial charge in [-0.15, -0.1) is 0 Å². The van der Waals surface area contributed by atoms with Crippen LogP contribution in [0.25, 0.3) is 10.9 Å². The molecule has 3 N–H and O–H groups in total. The number of nitrogens with one attached hydrogen (secondary N) is 3. The Morgan fingerprint density at radius 3 is 3.00 bits per heavy atom. The fourth-order valence-corrected chi connectivity index (χ4v) is 4.38. The van der Waals surface area contributed by atoms with Gasteiger partial charge in [-0.05, 0) is 44.2 Å². The van der Waals surface area contributed by atoms with E-state index in [4.69, 9.17) is 9.26 Å². The Morgan fingerprint density at radius 2 is 2.15 bits per heavy atom. The molecule has 0 spiro atoms. The Morgan fingerprint density at radius 1 is 1.24 bits per heavy atom. The minimum atomic E-state index is -0.309. The molecule has 3 aromatic heterocycles. The second-order valence-corrected chi connectivity index (χ2v) is 8.53. The average molecular weight is 445 g/mol. The molecule has 1 aromatic carbocycles. The molecular formula is C23H23N7O3. The molecule has 1 aliphatic heterocycles. The van der Waals surface area contributed by atoms with Crippen LogP contribution in [-0.4, -0.2) is 39.3 Å². The number of anilines is 1. The summed E-state index contributed by atoms with van der Waals surface area (Å²) in [5.41, 5.74) is 2.69. The van der Waals surface area contributed by atoms with Crippen molar-refractivity contribution in [1.29, 1.82) is 0 Å². The van der Waals surface area contributed by atoms with Crippen LogP contribution < -0.4 is 20.7 Å². The van der Waals surface area contributed by atoms with Gasteiger partial charge in [0.15, 0.2) is 5.82 Å². The van der Waals surface area contributed by atoms with Crippen LogP contribution in [0.15, 0.2) is 47.4 Å². The Labute approximate surface area is 189 Å². The van der Waals surface area contributed by atoms with Crippen molar-refractivity contribution in [1.82, 2.24) is 30.3 Å². The molecule has 33 heavy (non-hydrogen) atoms. The maximum Gasteiger partial charge on any atom is 0.331 e. The van der Waals surface area contributed by atoms with E-state index in [0.29, 0.717) is 30.5 Å². The molecule has 168 valence electrons. The first-order chi connectivity index (χ1) is 16.1. The molecule has 4 heterocycles. The first-order valence-corrected chi connectivity index (χ1v) is 10.9. The molecule has 10 nitrogen and oxygen atoms in total. The number of ether oxygens (including phenoxy) is 1. The van der Waals surface area contributed by atoms with Gasteiger partial charge in [-0.1, -0.05) is 5.16 Å². The van der Waals surface area contributed by atoms with Crippen molar-refractivity contribution in [3.63, 3.8) is 0 Å². The number of aromatic nitrogens is 4. The minimum Gasteiger partial charge on any atom is -0.439 e. The third-order valence-corrected chi connectivity index (χ3v) is 6.32. The molecule has 2 aliphatic rings. The van der Waals surface area contributed by atoms with Gasteiger partial charge in [0.05, 0.1) is 16.8 Å². The van der Waals surface area contributed by atoms with Crippen LogP contribution in [0.2, 0.25) is 0 Å². The standard InChI is InChI=1S/C23H23N7O3/c1-24-12-23(5-6-23)19-9-20(29-33-19)28-22(31)30-7-4-14-8-15(2-3-18(14)30)32-21-16-10-25-11-17(16)26-13-27-21/h2-4,7-9,13,24-25H,5-6,10-12H2,1H3,(H,28,29,31). The van der Waals surface area contributed by atoms with E-state index >= 15 is 0 Å². The van der Waals surface area contributed by atoms with Gasteiger partial charge in [0.1, 0.15) is 17.8 Å². The molecule has 0 saturated heterocycles. The number of nitrogens with zero attached hydrogens (tertiary/aromatic N) is 4. The molecule has 0 bridgehead atoms. The predicted octanol–water partition coefficient (Wildman–Crippen LogP) is 3.15. The molecule has 0 radical (unpaired) electrons. The number of hydrogen-bond donors (Lipinski definition) is 3. The summed E-state index contributed by atoms with van der Waals surface area (Å²) in [7, 11) is 1.92. The van der Waals surface area contributed by atoms with Crippen LogP contribution >= 0.6 is 0 Å². The second kappa shape index (κ2) is 7.68. The highest BCUT2D eigenvalue weighted by atomic mass is 16.5. The SMILES string of the molecule is CNCC1(c2cc(NC(=O)n3ccc4cc(Oc5ncnc6c5CNC6)ccc43)no2)CC1. The molecular weight excluding hydrogens is 422 g/mol. The summed E-state index contributed by atoms with van der Waals surface area (Å²) >= 11 is 0. The first kappa shape index (κ1) is 19.9. The summed E-state index contributed by atoms with van der Waals surface area (Å²) in [5, 5.41) is 14.2. The van der Waals surface area contributed by atoms with Gasteiger partial charge in [-0.25, -0.2) is 14.8 Å². The maximum atomic E-state index is 12.9. The van der Waals surface area contributed by atoms with Crippen LogP contribution in [0.1, 0.15) is 29.9 Å². The van der Waals surface area contributed by atoms with E-state index in [1.54, 1.807) is 10.8 Å². The average Bonchev–Trinajstić information content (AvgIpc) is 3.19. The normalized spacial score (nSPS) is 16.0. The summed E-state index contributed by atoms with van der Waals surface area (Å²) in [6.45, 7) is 2.23. The summed E-state index contributed by atoms with van der Waals surface area (Å²) < 4.78 is 13.1. The van der Waals surface area contributed by atoms with Crippen molar-refractivity contribution in [2.75, 3.05) is 18.9 Å². The van der Waals surface area contributed by atoms with Crippen molar-refractivity contribution in [2.24, 2.45) is 0 Å². The van der Waals surface area contributed by atoms with Gasteiger partial charge in [0.25, 0.3) is 0 Å². The van der Waals surface area contributed by atoms with Crippen molar-refractivity contribution in [3.8, 4) is 11.6 Å². The maximum absolute atomic E-state index is 12.9. The van der Waals surface area contributed by atoms with E-state index in [9.17, 15) is 4.79 Å². The van der Waals surface area contributed by atoms with Crippen molar-refractivity contribution in [2.45, 2.75) is 31.3 Å². The lowest BCUT2D eigenvalue weighted by molar-refractivity contribution is 0.254. The van der Waals surface area contributed by atoms with Crippen LogP contribution in [0.3, 0.4) is 0 Å². The van der Waals surface area contributed by atoms with Crippen molar-refractivity contribution >= 4 is 22.8 Å². The number of fused-ring (bicyclic) bond motifs is 2. The van der Waals surface area contributed by atoms with Gasteiger partial charge in [-0.2, -0.15) is 0 Å². The largest absolute Gasteiger partial charge is 0.439 e. The van der Waals surface area contributed by atoms with Gasteiger partial charge < -0.3 is 19.9 Å². The van der Waals surface area contributed by atoms with Crippen molar-refractivity contribution in [3.05, 3.63) is 59.9 Å². The third-order valence-electron chi connectivity index (χ3n) is 6.32. The molecule has 6 rings (SSSR count). The second-order valence-electron chi connectivity index (χ2n) is 8.53. The number of likely N-dealkylation sites (N-methyl/N-ethyl adjacent to an activating group) is 1. The fraction of sp³-hybridized carbons (Fsp3) is 0.304. The zero-order chi connectivity index (χ0) is 22.4. The monoisotopic (exact) mass is 445 g/mol.